The van der Waals surface area contributed by atoms with Crippen LogP contribution < -0.4 is 14.2 Å². The van der Waals surface area contributed by atoms with Gasteiger partial charge in [-0.3, -0.25) is 9.69 Å². The third-order valence-corrected chi connectivity index (χ3v) is 4.93. The van der Waals surface area contributed by atoms with Crippen molar-refractivity contribution in [1.29, 1.82) is 0 Å². The van der Waals surface area contributed by atoms with Gasteiger partial charge in [0.25, 0.3) is 5.91 Å². The molecule has 1 aliphatic heterocycles. The number of nitrogens with zero attached hydrogens (tertiary/aromatic N) is 2. The molecule has 2 aromatic rings. The van der Waals surface area contributed by atoms with Crippen molar-refractivity contribution in [2.75, 3.05) is 47.0 Å². The molecule has 1 amide bonds. The lowest BCUT2D eigenvalue weighted by atomic mass is 10.1. The number of ether oxygens (including phenoxy) is 3. The Morgan fingerprint density at radius 1 is 0.929 bits per heavy atom. The Labute approximate surface area is 166 Å². The summed E-state index contributed by atoms with van der Waals surface area (Å²) in [6.45, 7) is 6.44. The molecule has 3 rings (SSSR count). The lowest BCUT2D eigenvalue weighted by Crippen LogP contribution is -2.48. The molecule has 0 spiro atoms. The third kappa shape index (κ3) is 4.57. The maximum absolute atomic E-state index is 12.8. The summed E-state index contributed by atoms with van der Waals surface area (Å²) < 4.78 is 16.3. The molecule has 28 heavy (non-hydrogen) atoms. The lowest BCUT2D eigenvalue weighted by Gasteiger charge is -2.35. The molecular formula is C22H28N2O4. The van der Waals surface area contributed by atoms with E-state index in [4.69, 9.17) is 14.2 Å². The Bertz CT molecular complexity index is 801. The summed E-state index contributed by atoms with van der Waals surface area (Å²) in [5.74, 6) is 2.17. The molecule has 150 valence electrons. The predicted octanol–water partition coefficient (Wildman–Crippen LogP) is 3.06. The van der Waals surface area contributed by atoms with E-state index in [1.165, 1.54) is 5.56 Å². The summed E-state index contributed by atoms with van der Waals surface area (Å²) in [6, 6.07) is 13.4. The highest BCUT2D eigenvalue weighted by Crippen LogP contribution is 2.29. The lowest BCUT2D eigenvalue weighted by molar-refractivity contribution is 0.0625. The van der Waals surface area contributed by atoms with Gasteiger partial charge in [-0.2, -0.15) is 0 Å². The molecule has 1 aliphatic rings. The van der Waals surface area contributed by atoms with Crippen LogP contribution >= 0.6 is 0 Å². The zero-order valence-corrected chi connectivity index (χ0v) is 16.8. The summed E-state index contributed by atoms with van der Waals surface area (Å²) in [5.41, 5.74) is 1.80. The van der Waals surface area contributed by atoms with Crippen LogP contribution in [0.5, 0.6) is 17.2 Å². The van der Waals surface area contributed by atoms with E-state index in [0.29, 0.717) is 31.0 Å². The molecule has 0 N–H and O–H groups in total. The molecule has 0 bridgehead atoms. The Kier molecular flexibility index (Phi) is 6.76. The average molecular weight is 384 g/mol. The van der Waals surface area contributed by atoms with Gasteiger partial charge in [-0.25, -0.2) is 0 Å². The van der Waals surface area contributed by atoms with Crippen molar-refractivity contribution in [3.63, 3.8) is 0 Å². The molecule has 2 aromatic carbocycles. The van der Waals surface area contributed by atoms with Crippen LogP contribution in [0, 0.1) is 0 Å². The smallest absolute Gasteiger partial charge is 0.257 e. The molecule has 6 nitrogen and oxygen atoms in total. The van der Waals surface area contributed by atoms with Crippen molar-refractivity contribution >= 4 is 5.91 Å². The summed E-state index contributed by atoms with van der Waals surface area (Å²) in [7, 11) is 3.24. The number of benzene rings is 2. The van der Waals surface area contributed by atoms with Gasteiger partial charge in [0.2, 0.25) is 0 Å². The largest absolute Gasteiger partial charge is 0.496 e. The summed E-state index contributed by atoms with van der Waals surface area (Å²) >= 11 is 0. The number of para-hydroxylation sites is 1. The second-order valence-corrected chi connectivity index (χ2v) is 6.69. The van der Waals surface area contributed by atoms with Crippen LogP contribution in [0.3, 0.4) is 0 Å². The van der Waals surface area contributed by atoms with Gasteiger partial charge in [-0.1, -0.05) is 18.2 Å². The summed E-state index contributed by atoms with van der Waals surface area (Å²) in [4.78, 5) is 17.1. The van der Waals surface area contributed by atoms with E-state index in [1.807, 2.05) is 48.2 Å². The Morgan fingerprint density at radius 3 is 2.32 bits per heavy atom. The number of hydrogen-bond acceptors (Lipinski definition) is 5. The Morgan fingerprint density at radius 2 is 1.64 bits per heavy atom. The van der Waals surface area contributed by atoms with Gasteiger partial charge in [-0.05, 0) is 36.8 Å². The Hall–Kier alpha value is -2.73. The van der Waals surface area contributed by atoms with E-state index < -0.39 is 0 Å². The first-order valence-corrected chi connectivity index (χ1v) is 9.60. The summed E-state index contributed by atoms with van der Waals surface area (Å²) in [5, 5.41) is 0. The molecule has 0 saturated carbocycles. The van der Waals surface area contributed by atoms with E-state index in [1.54, 1.807) is 14.2 Å². The van der Waals surface area contributed by atoms with E-state index in [9.17, 15) is 4.79 Å². The highest BCUT2D eigenvalue weighted by Gasteiger charge is 2.24. The van der Waals surface area contributed by atoms with Crippen LogP contribution in [0.1, 0.15) is 22.8 Å². The average Bonchev–Trinajstić information content (AvgIpc) is 2.74. The first kappa shape index (κ1) is 20.0. The quantitative estimate of drug-likeness (QED) is 0.734. The van der Waals surface area contributed by atoms with Crippen molar-refractivity contribution in [1.82, 2.24) is 9.80 Å². The van der Waals surface area contributed by atoms with E-state index in [-0.39, 0.29) is 5.91 Å². The molecule has 1 heterocycles. The van der Waals surface area contributed by atoms with Crippen LogP contribution in [0.2, 0.25) is 0 Å². The van der Waals surface area contributed by atoms with Gasteiger partial charge in [0.05, 0.1) is 26.4 Å². The van der Waals surface area contributed by atoms with Crippen molar-refractivity contribution < 1.29 is 19.0 Å². The van der Waals surface area contributed by atoms with Crippen LogP contribution in [-0.2, 0) is 6.54 Å². The second kappa shape index (κ2) is 9.46. The monoisotopic (exact) mass is 384 g/mol. The van der Waals surface area contributed by atoms with Crippen LogP contribution in [0.25, 0.3) is 0 Å². The fraction of sp³-hybridized carbons (Fsp3) is 0.409. The molecular weight excluding hydrogens is 356 g/mol. The number of rotatable bonds is 7. The van der Waals surface area contributed by atoms with Gasteiger partial charge in [-0.15, -0.1) is 0 Å². The first-order valence-electron chi connectivity index (χ1n) is 9.60. The van der Waals surface area contributed by atoms with Crippen molar-refractivity contribution in [2.24, 2.45) is 0 Å². The predicted molar refractivity (Wildman–Crippen MR) is 108 cm³/mol. The van der Waals surface area contributed by atoms with Crippen LogP contribution in [-0.4, -0.2) is 62.7 Å². The minimum Gasteiger partial charge on any atom is -0.496 e. The fourth-order valence-electron chi connectivity index (χ4n) is 3.45. The van der Waals surface area contributed by atoms with Crippen LogP contribution in [0.4, 0.5) is 0 Å². The molecule has 0 unspecified atom stereocenters. The molecule has 0 aromatic heterocycles. The molecule has 6 heteroatoms. The number of hydrogen-bond donors (Lipinski definition) is 0. The highest BCUT2D eigenvalue weighted by atomic mass is 16.5. The molecule has 1 saturated heterocycles. The molecule has 0 atom stereocenters. The van der Waals surface area contributed by atoms with Crippen LogP contribution in [0.15, 0.2) is 42.5 Å². The highest BCUT2D eigenvalue weighted by molar-refractivity contribution is 5.97. The number of piperazine rings is 1. The zero-order valence-electron chi connectivity index (χ0n) is 16.8. The molecule has 1 fully saturated rings. The fourth-order valence-corrected chi connectivity index (χ4v) is 3.45. The molecule has 0 aliphatic carbocycles. The van der Waals surface area contributed by atoms with E-state index >= 15 is 0 Å². The van der Waals surface area contributed by atoms with Crippen molar-refractivity contribution in [3.05, 3.63) is 53.6 Å². The number of methoxy groups -OCH3 is 2. The second-order valence-electron chi connectivity index (χ2n) is 6.69. The zero-order chi connectivity index (χ0) is 19.9. The minimum atomic E-state index is 0.0279. The van der Waals surface area contributed by atoms with E-state index in [2.05, 4.69) is 11.0 Å². The topological polar surface area (TPSA) is 51.2 Å². The SMILES string of the molecule is CCOc1cc(CN2CCN(C(=O)c3ccccc3OC)CC2)ccc1OC. The van der Waals surface area contributed by atoms with Gasteiger partial charge in [0.15, 0.2) is 11.5 Å². The maximum atomic E-state index is 12.8. The van der Waals surface area contributed by atoms with Gasteiger partial charge < -0.3 is 19.1 Å². The number of amides is 1. The van der Waals surface area contributed by atoms with Gasteiger partial charge >= 0.3 is 0 Å². The van der Waals surface area contributed by atoms with E-state index in [0.717, 1.165) is 31.1 Å². The van der Waals surface area contributed by atoms with Crippen molar-refractivity contribution in [3.8, 4) is 17.2 Å². The number of carbonyl (C=O) groups excluding carboxylic acids is 1. The molecule has 0 radical (unpaired) electrons. The van der Waals surface area contributed by atoms with Crippen molar-refractivity contribution in [2.45, 2.75) is 13.5 Å². The van der Waals surface area contributed by atoms with Gasteiger partial charge in [0.1, 0.15) is 5.75 Å². The summed E-state index contributed by atoms with van der Waals surface area (Å²) in [6.07, 6.45) is 0. The first-order chi connectivity index (χ1) is 13.7. The Balaban J connectivity index is 1.60. The standard InChI is InChI=1S/C22H28N2O4/c1-4-28-21-15-17(9-10-20(21)27-3)16-23-11-13-24(14-12-23)22(25)18-7-5-6-8-19(18)26-2/h5-10,15H,4,11-14,16H2,1-3H3. The number of carbonyl (C=O) groups is 1. The maximum Gasteiger partial charge on any atom is 0.257 e. The van der Waals surface area contributed by atoms with Gasteiger partial charge in [0, 0.05) is 32.7 Å². The minimum absolute atomic E-state index is 0.0279. The third-order valence-electron chi connectivity index (χ3n) is 4.93. The normalized spacial score (nSPS) is 14.6.